The third kappa shape index (κ3) is 8.05. The van der Waals surface area contributed by atoms with Gasteiger partial charge >= 0.3 is 0 Å². The van der Waals surface area contributed by atoms with Crippen LogP contribution in [0, 0.1) is 6.92 Å². The van der Waals surface area contributed by atoms with Gasteiger partial charge in [0.05, 0.1) is 11.9 Å². The molecule has 2 amide bonds. The first-order chi connectivity index (χ1) is 15.5. The molecule has 180 valence electrons. The van der Waals surface area contributed by atoms with Gasteiger partial charge in [-0.05, 0) is 62.6 Å². The highest BCUT2D eigenvalue weighted by atomic mass is 35.5. The maximum Gasteiger partial charge on any atom is 0.242 e. The van der Waals surface area contributed by atoms with Gasteiger partial charge < -0.3 is 10.2 Å². The quantitative estimate of drug-likeness (QED) is 0.516. The van der Waals surface area contributed by atoms with Gasteiger partial charge in [0.2, 0.25) is 21.8 Å². The van der Waals surface area contributed by atoms with Crippen molar-refractivity contribution in [1.82, 2.24) is 10.2 Å². The monoisotopic (exact) mass is 493 g/mol. The van der Waals surface area contributed by atoms with Crippen LogP contribution < -0.4 is 9.62 Å². The Kier molecular flexibility index (Phi) is 9.73. The Hall–Kier alpha value is -2.58. The average Bonchev–Trinajstić information content (AvgIpc) is 2.73. The minimum Gasteiger partial charge on any atom is -0.355 e. The number of hydrogen-bond donors (Lipinski definition) is 1. The standard InChI is InChI=1S/C24H32ClN3O4S/c1-5-26-24(30)19(3)27(17-20-10-7-11-21(25)16-20)23(29)13-8-14-28(33(4,31)32)22-12-6-9-18(2)15-22/h6-7,9-12,15-16,19H,5,8,13-14,17H2,1-4H3,(H,26,30)/t19-/m1/s1. The van der Waals surface area contributed by atoms with Crippen LogP contribution in [0.1, 0.15) is 37.8 Å². The SMILES string of the molecule is CCNC(=O)[C@@H](C)N(Cc1cccc(Cl)c1)C(=O)CCCN(c1cccc(C)c1)S(C)(=O)=O. The van der Waals surface area contributed by atoms with Crippen molar-refractivity contribution < 1.29 is 18.0 Å². The fraction of sp³-hybridized carbons (Fsp3) is 0.417. The first-order valence-corrected chi connectivity index (χ1v) is 13.1. The summed E-state index contributed by atoms with van der Waals surface area (Å²) in [5, 5.41) is 3.30. The van der Waals surface area contributed by atoms with Crippen LogP contribution in [-0.2, 0) is 26.2 Å². The fourth-order valence-electron chi connectivity index (χ4n) is 3.52. The number of sulfonamides is 1. The third-order valence-corrected chi connectivity index (χ3v) is 6.63. The van der Waals surface area contributed by atoms with E-state index >= 15 is 0 Å². The smallest absolute Gasteiger partial charge is 0.242 e. The molecule has 9 heteroatoms. The number of hydrogen-bond acceptors (Lipinski definition) is 4. The Bertz CT molecular complexity index is 1070. The molecule has 1 atom stereocenters. The molecular formula is C24H32ClN3O4S. The van der Waals surface area contributed by atoms with Crippen LogP contribution in [-0.4, -0.2) is 50.5 Å². The van der Waals surface area contributed by atoms with E-state index in [1.54, 1.807) is 43.3 Å². The van der Waals surface area contributed by atoms with Crippen LogP contribution in [0.5, 0.6) is 0 Å². The molecule has 0 aliphatic heterocycles. The third-order valence-electron chi connectivity index (χ3n) is 5.20. The molecule has 33 heavy (non-hydrogen) atoms. The highest BCUT2D eigenvalue weighted by Crippen LogP contribution is 2.20. The minimum absolute atomic E-state index is 0.0994. The van der Waals surface area contributed by atoms with Gasteiger partial charge in [-0.25, -0.2) is 8.42 Å². The van der Waals surface area contributed by atoms with Gasteiger partial charge in [0.1, 0.15) is 6.04 Å². The molecule has 0 radical (unpaired) electrons. The number of nitrogens with zero attached hydrogens (tertiary/aromatic N) is 2. The molecule has 2 rings (SSSR count). The van der Waals surface area contributed by atoms with Gasteiger partial charge in [-0.1, -0.05) is 35.9 Å². The second kappa shape index (κ2) is 12.0. The van der Waals surface area contributed by atoms with Crippen molar-refractivity contribution in [1.29, 1.82) is 0 Å². The Labute approximate surface area is 201 Å². The van der Waals surface area contributed by atoms with Crippen LogP contribution in [0.4, 0.5) is 5.69 Å². The molecule has 0 aliphatic rings. The van der Waals surface area contributed by atoms with E-state index in [9.17, 15) is 18.0 Å². The van der Waals surface area contributed by atoms with E-state index in [0.29, 0.717) is 23.7 Å². The lowest BCUT2D eigenvalue weighted by atomic mass is 10.1. The van der Waals surface area contributed by atoms with Crippen LogP contribution in [0.3, 0.4) is 0 Å². The predicted octanol–water partition coefficient (Wildman–Crippen LogP) is 3.75. The highest BCUT2D eigenvalue weighted by molar-refractivity contribution is 7.92. The molecule has 2 aromatic carbocycles. The van der Waals surface area contributed by atoms with Crippen LogP contribution in [0.2, 0.25) is 5.02 Å². The number of carbonyl (C=O) groups excluding carboxylic acids is 2. The predicted molar refractivity (Wildman–Crippen MR) is 133 cm³/mol. The number of rotatable bonds is 11. The van der Waals surface area contributed by atoms with E-state index in [1.165, 1.54) is 9.21 Å². The van der Waals surface area contributed by atoms with Crippen molar-refractivity contribution in [3.8, 4) is 0 Å². The Morgan fingerprint density at radius 3 is 2.42 bits per heavy atom. The van der Waals surface area contributed by atoms with E-state index in [-0.39, 0.29) is 31.3 Å². The second-order valence-corrected chi connectivity index (χ2v) is 10.3. The summed E-state index contributed by atoms with van der Waals surface area (Å²) in [5.41, 5.74) is 2.32. The maximum atomic E-state index is 13.1. The summed E-state index contributed by atoms with van der Waals surface area (Å²) in [6.07, 6.45) is 1.57. The first-order valence-electron chi connectivity index (χ1n) is 10.9. The zero-order valence-electron chi connectivity index (χ0n) is 19.5. The van der Waals surface area contributed by atoms with Crippen molar-refractivity contribution in [3.63, 3.8) is 0 Å². The zero-order chi connectivity index (χ0) is 24.6. The average molecular weight is 494 g/mol. The van der Waals surface area contributed by atoms with Crippen molar-refractivity contribution in [2.45, 2.75) is 46.2 Å². The van der Waals surface area contributed by atoms with Crippen molar-refractivity contribution in [3.05, 3.63) is 64.7 Å². The van der Waals surface area contributed by atoms with E-state index in [4.69, 9.17) is 11.6 Å². The van der Waals surface area contributed by atoms with E-state index in [1.807, 2.05) is 26.0 Å². The number of carbonyl (C=O) groups is 2. The number of likely N-dealkylation sites (N-methyl/N-ethyl adjacent to an activating group) is 1. The van der Waals surface area contributed by atoms with Crippen molar-refractivity contribution in [2.75, 3.05) is 23.7 Å². The van der Waals surface area contributed by atoms with E-state index < -0.39 is 16.1 Å². The molecule has 0 saturated carbocycles. The van der Waals surface area contributed by atoms with Gasteiger partial charge in [-0.3, -0.25) is 13.9 Å². The molecule has 1 N–H and O–H groups in total. The fourth-order valence-corrected chi connectivity index (χ4v) is 4.69. The maximum absolute atomic E-state index is 13.1. The number of halogens is 1. The van der Waals surface area contributed by atoms with Gasteiger partial charge in [0, 0.05) is 31.1 Å². The van der Waals surface area contributed by atoms with Crippen LogP contribution >= 0.6 is 11.6 Å². The summed E-state index contributed by atoms with van der Waals surface area (Å²) >= 11 is 6.09. The summed E-state index contributed by atoms with van der Waals surface area (Å²) in [4.78, 5) is 27.1. The normalized spacial score (nSPS) is 12.2. The van der Waals surface area contributed by atoms with Crippen LogP contribution in [0.25, 0.3) is 0 Å². The lowest BCUT2D eigenvalue weighted by Gasteiger charge is -2.29. The molecule has 0 aliphatic carbocycles. The van der Waals surface area contributed by atoms with Gasteiger partial charge in [-0.15, -0.1) is 0 Å². The summed E-state index contributed by atoms with van der Waals surface area (Å²) < 4.78 is 26.0. The van der Waals surface area contributed by atoms with Gasteiger partial charge in [-0.2, -0.15) is 0 Å². The largest absolute Gasteiger partial charge is 0.355 e. The van der Waals surface area contributed by atoms with Crippen molar-refractivity contribution in [2.24, 2.45) is 0 Å². The van der Waals surface area contributed by atoms with Gasteiger partial charge in [0.25, 0.3) is 0 Å². The number of amides is 2. The Morgan fingerprint density at radius 2 is 1.82 bits per heavy atom. The molecule has 0 bridgehead atoms. The minimum atomic E-state index is -3.51. The molecule has 0 saturated heterocycles. The number of benzene rings is 2. The molecule has 0 fully saturated rings. The zero-order valence-corrected chi connectivity index (χ0v) is 21.1. The van der Waals surface area contributed by atoms with E-state index in [2.05, 4.69) is 5.32 Å². The topological polar surface area (TPSA) is 86.8 Å². The summed E-state index contributed by atoms with van der Waals surface area (Å²) in [6, 6.07) is 13.7. The number of aryl methyl sites for hydroxylation is 1. The lowest BCUT2D eigenvalue weighted by Crippen LogP contribution is -2.47. The summed E-state index contributed by atoms with van der Waals surface area (Å²) in [7, 11) is -3.51. The number of anilines is 1. The molecule has 0 aromatic heterocycles. The highest BCUT2D eigenvalue weighted by Gasteiger charge is 2.26. The molecule has 0 unspecified atom stereocenters. The molecule has 2 aromatic rings. The molecular weight excluding hydrogens is 462 g/mol. The summed E-state index contributed by atoms with van der Waals surface area (Å²) in [5.74, 6) is -0.475. The molecule has 7 nitrogen and oxygen atoms in total. The van der Waals surface area contributed by atoms with Crippen LogP contribution in [0.15, 0.2) is 48.5 Å². The Balaban J connectivity index is 2.15. The van der Waals surface area contributed by atoms with E-state index in [0.717, 1.165) is 17.4 Å². The lowest BCUT2D eigenvalue weighted by molar-refractivity contribution is -0.140. The summed E-state index contributed by atoms with van der Waals surface area (Å²) in [6.45, 7) is 6.24. The molecule has 0 spiro atoms. The van der Waals surface area contributed by atoms with Crippen molar-refractivity contribution >= 4 is 39.1 Å². The van der Waals surface area contributed by atoms with Gasteiger partial charge in [0.15, 0.2) is 0 Å². The second-order valence-electron chi connectivity index (χ2n) is 8.00. The first kappa shape index (κ1) is 26.7. The Morgan fingerprint density at radius 1 is 1.12 bits per heavy atom. The molecule has 0 heterocycles. The number of nitrogens with one attached hydrogen (secondary N) is 1.